The molecule has 0 radical (unpaired) electrons. The average Bonchev–Trinajstić information content (AvgIpc) is 3.07. The van der Waals surface area contributed by atoms with Gasteiger partial charge in [0.25, 0.3) is 0 Å². The van der Waals surface area contributed by atoms with Crippen molar-refractivity contribution in [3.63, 3.8) is 0 Å². The lowest BCUT2D eigenvalue weighted by Crippen LogP contribution is -2.33. The Morgan fingerprint density at radius 1 is 1.12 bits per heavy atom. The van der Waals surface area contributed by atoms with E-state index in [1.165, 1.54) is 0 Å². The number of carbonyl (C=O) groups is 1. The van der Waals surface area contributed by atoms with E-state index in [2.05, 4.69) is 20.5 Å². The summed E-state index contributed by atoms with van der Waals surface area (Å²) in [7, 11) is 1.65. The lowest BCUT2D eigenvalue weighted by molar-refractivity contribution is -0.124. The zero-order valence-corrected chi connectivity index (χ0v) is 14.0. The Morgan fingerprint density at radius 2 is 1.88 bits per heavy atom. The summed E-state index contributed by atoms with van der Waals surface area (Å²) in [5.41, 5.74) is 7.28. The van der Waals surface area contributed by atoms with Crippen LogP contribution >= 0.6 is 0 Å². The van der Waals surface area contributed by atoms with Gasteiger partial charge in [0.2, 0.25) is 5.91 Å². The molecule has 126 valence electrons. The fourth-order valence-corrected chi connectivity index (χ4v) is 2.92. The van der Waals surface area contributed by atoms with Crippen LogP contribution in [0.2, 0.25) is 0 Å². The Balaban J connectivity index is 1.68. The topological polar surface area (TPSA) is 79.4 Å². The summed E-state index contributed by atoms with van der Waals surface area (Å²) in [6.07, 6.45) is 0.636. The average molecular weight is 334 g/mol. The van der Waals surface area contributed by atoms with Crippen molar-refractivity contribution in [1.82, 2.24) is 15.4 Å². The van der Waals surface area contributed by atoms with E-state index in [0.717, 1.165) is 39.4 Å². The van der Waals surface area contributed by atoms with Crippen LogP contribution in [0, 0.1) is 5.92 Å². The van der Waals surface area contributed by atoms with Gasteiger partial charge in [-0.25, -0.2) is 10.4 Å². The second kappa shape index (κ2) is 6.05. The second-order valence-corrected chi connectivity index (χ2v) is 6.19. The lowest BCUT2D eigenvalue weighted by atomic mass is 9.97. The third-order valence-electron chi connectivity index (χ3n) is 4.43. The van der Waals surface area contributed by atoms with Gasteiger partial charge in [-0.2, -0.15) is 5.10 Å². The van der Waals surface area contributed by atoms with E-state index >= 15 is 0 Å². The highest BCUT2D eigenvalue weighted by atomic mass is 16.5. The molecule has 0 saturated carbocycles. The molecule has 1 unspecified atom stereocenters. The van der Waals surface area contributed by atoms with Gasteiger partial charge in [-0.05, 0) is 42.0 Å². The fraction of sp³-hybridized carbons (Fsp3) is 0.211. The molecule has 2 N–H and O–H groups in total. The van der Waals surface area contributed by atoms with Gasteiger partial charge < -0.3 is 9.72 Å². The molecule has 1 aliphatic heterocycles. The Morgan fingerprint density at radius 3 is 2.60 bits per heavy atom. The number of benzene rings is 2. The molecule has 1 amide bonds. The molecular weight excluding hydrogens is 316 g/mol. The van der Waals surface area contributed by atoms with Crippen LogP contribution in [0.5, 0.6) is 5.75 Å². The largest absolute Gasteiger partial charge is 0.497 e. The van der Waals surface area contributed by atoms with Gasteiger partial charge in [-0.1, -0.05) is 13.0 Å². The molecule has 0 aliphatic carbocycles. The molecule has 3 aromatic rings. The molecule has 1 aliphatic rings. The van der Waals surface area contributed by atoms with Gasteiger partial charge in [0.15, 0.2) is 0 Å². The second-order valence-electron chi connectivity index (χ2n) is 6.19. The van der Waals surface area contributed by atoms with Crippen LogP contribution in [0.4, 0.5) is 0 Å². The summed E-state index contributed by atoms with van der Waals surface area (Å²) in [5, 5.41) is 4.19. The number of aromatic nitrogens is 2. The first kappa shape index (κ1) is 15.4. The van der Waals surface area contributed by atoms with Crippen molar-refractivity contribution >= 4 is 22.7 Å². The number of aromatic amines is 1. The number of ether oxygens (including phenoxy) is 1. The summed E-state index contributed by atoms with van der Waals surface area (Å²) in [6, 6.07) is 13.8. The van der Waals surface area contributed by atoms with Gasteiger partial charge in [0, 0.05) is 17.9 Å². The lowest BCUT2D eigenvalue weighted by Gasteiger charge is -2.17. The van der Waals surface area contributed by atoms with Crippen LogP contribution in [0.3, 0.4) is 0 Å². The van der Waals surface area contributed by atoms with Gasteiger partial charge in [-0.15, -0.1) is 0 Å². The van der Waals surface area contributed by atoms with Gasteiger partial charge in [-0.3, -0.25) is 4.79 Å². The number of rotatable bonds is 3. The first-order chi connectivity index (χ1) is 12.1. The molecule has 0 bridgehead atoms. The van der Waals surface area contributed by atoms with Crippen molar-refractivity contribution in [2.24, 2.45) is 11.0 Å². The maximum Gasteiger partial charge on any atom is 0.243 e. The number of nitrogens with zero attached hydrogens (tertiary/aromatic N) is 2. The van der Waals surface area contributed by atoms with Gasteiger partial charge >= 0.3 is 0 Å². The maximum atomic E-state index is 11.5. The maximum absolute atomic E-state index is 11.5. The van der Waals surface area contributed by atoms with Crippen LogP contribution < -0.4 is 10.2 Å². The quantitative estimate of drug-likeness (QED) is 0.772. The number of hydrogen-bond donors (Lipinski definition) is 2. The van der Waals surface area contributed by atoms with E-state index < -0.39 is 0 Å². The summed E-state index contributed by atoms with van der Waals surface area (Å²) < 4.78 is 5.19. The Hall–Kier alpha value is -3.15. The van der Waals surface area contributed by atoms with Crippen molar-refractivity contribution in [2.75, 3.05) is 7.11 Å². The number of nitrogens with one attached hydrogen (secondary N) is 2. The van der Waals surface area contributed by atoms with Gasteiger partial charge in [0.1, 0.15) is 11.6 Å². The van der Waals surface area contributed by atoms with E-state index in [-0.39, 0.29) is 11.8 Å². The van der Waals surface area contributed by atoms with Crippen molar-refractivity contribution in [3.8, 4) is 17.1 Å². The smallest absolute Gasteiger partial charge is 0.243 e. The van der Waals surface area contributed by atoms with E-state index in [0.29, 0.717) is 6.42 Å². The van der Waals surface area contributed by atoms with Crippen molar-refractivity contribution in [3.05, 3.63) is 48.0 Å². The minimum Gasteiger partial charge on any atom is -0.497 e. The molecule has 0 fully saturated rings. The SMILES string of the molecule is COc1ccc(-c2nc3ccc(C4=NNC(=O)C(C)C4)cc3[nH]2)cc1. The van der Waals surface area contributed by atoms with Crippen LogP contribution in [0.15, 0.2) is 47.6 Å². The Kier molecular flexibility index (Phi) is 3.72. The number of fused-ring (bicyclic) bond motifs is 1. The number of hydrazone groups is 1. The van der Waals surface area contributed by atoms with Crippen LogP contribution in [0.1, 0.15) is 18.9 Å². The summed E-state index contributed by atoms with van der Waals surface area (Å²) >= 11 is 0. The number of H-pyrrole nitrogens is 1. The highest BCUT2D eigenvalue weighted by Crippen LogP contribution is 2.24. The first-order valence-electron chi connectivity index (χ1n) is 8.15. The molecular formula is C19H18N4O2. The number of imidazole rings is 1. The summed E-state index contributed by atoms with van der Waals surface area (Å²) in [6.45, 7) is 1.90. The van der Waals surface area contributed by atoms with Gasteiger partial charge in [0.05, 0.1) is 23.9 Å². The Bertz CT molecular complexity index is 973. The third kappa shape index (κ3) is 2.87. The predicted molar refractivity (Wildman–Crippen MR) is 96.5 cm³/mol. The number of hydrogen-bond acceptors (Lipinski definition) is 4. The minimum atomic E-state index is -0.0696. The number of amides is 1. The van der Waals surface area contributed by atoms with E-state index in [1.54, 1.807) is 7.11 Å². The molecule has 6 heteroatoms. The highest BCUT2D eigenvalue weighted by molar-refractivity contribution is 6.06. The first-order valence-corrected chi connectivity index (χ1v) is 8.15. The Labute approximate surface area is 144 Å². The molecule has 4 rings (SSSR count). The molecule has 6 nitrogen and oxygen atoms in total. The third-order valence-corrected chi connectivity index (χ3v) is 4.43. The van der Waals surface area contributed by atoms with E-state index in [9.17, 15) is 4.79 Å². The molecule has 1 aromatic heterocycles. The standard InChI is InChI=1S/C19H18N4O2/c1-11-9-16(22-23-19(11)24)13-5-8-15-17(10-13)21-18(20-15)12-3-6-14(25-2)7-4-12/h3-8,10-11H,9H2,1-2H3,(H,20,21)(H,23,24). The van der Waals surface area contributed by atoms with E-state index in [4.69, 9.17) is 4.74 Å². The molecule has 0 saturated heterocycles. The molecule has 0 spiro atoms. The zero-order chi connectivity index (χ0) is 17.4. The molecule has 25 heavy (non-hydrogen) atoms. The van der Waals surface area contributed by atoms with Crippen LogP contribution in [-0.4, -0.2) is 28.7 Å². The molecule has 2 aromatic carbocycles. The summed E-state index contributed by atoms with van der Waals surface area (Å²) in [5.74, 6) is 1.52. The minimum absolute atomic E-state index is 0.0341. The zero-order valence-electron chi connectivity index (χ0n) is 14.0. The van der Waals surface area contributed by atoms with E-state index in [1.807, 2.05) is 49.4 Å². The highest BCUT2D eigenvalue weighted by Gasteiger charge is 2.21. The van der Waals surface area contributed by atoms with Crippen LogP contribution in [0.25, 0.3) is 22.4 Å². The number of carbonyl (C=O) groups excluding carboxylic acids is 1. The normalized spacial score (nSPS) is 17.3. The van der Waals surface area contributed by atoms with Crippen molar-refractivity contribution in [2.45, 2.75) is 13.3 Å². The monoisotopic (exact) mass is 334 g/mol. The fourth-order valence-electron chi connectivity index (χ4n) is 2.92. The summed E-state index contributed by atoms with van der Waals surface area (Å²) in [4.78, 5) is 19.5. The van der Waals surface area contributed by atoms with Crippen molar-refractivity contribution < 1.29 is 9.53 Å². The molecule has 1 atom stereocenters. The van der Waals surface area contributed by atoms with Crippen LogP contribution in [-0.2, 0) is 4.79 Å². The predicted octanol–water partition coefficient (Wildman–Crippen LogP) is 3.10. The molecule has 2 heterocycles. The van der Waals surface area contributed by atoms with Crippen molar-refractivity contribution in [1.29, 1.82) is 0 Å². The number of methoxy groups -OCH3 is 1.